The van der Waals surface area contributed by atoms with Crippen LogP contribution in [0.5, 0.6) is 0 Å². The first kappa shape index (κ1) is 12.3. The van der Waals surface area contributed by atoms with E-state index >= 15 is 0 Å². The lowest BCUT2D eigenvalue weighted by Crippen LogP contribution is -1.97. The van der Waals surface area contributed by atoms with Crippen molar-refractivity contribution in [2.75, 3.05) is 0 Å². The average Bonchev–Trinajstić information content (AvgIpc) is 2.28. The van der Waals surface area contributed by atoms with Crippen LogP contribution in [-0.4, -0.2) is 9.97 Å². The quantitative estimate of drug-likeness (QED) is 0.757. The summed E-state index contributed by atoms with van der Waals surface area (Å²) >= 11 is 12.3. The zero-order valence-corrected chi connectivity index (χ0v) is 11.2. The standard InChI is InChI=1S/C13H12Cl2N2/c1-3-10-16-12(14)11(13(15)17-10)9-6-4-5-8(2)7-9/h4-7H,3H2,1-2H3. The lowest BCUT2D eigenvalue weighted by atomic mass is 10.1. The molecule has 2 nitrogen and oxygen atoms in total. The molecule has 0 aliphatic carbocycles. The SMILES string of the molecule is CCc1nc(Cl)c(-c2cccc(C)c2)c(Cl)n1. The van der Waals surface area contributed by atoms with Crippen LogP contribution in [0.3, 0.4) is 0 Å². The topological polar surface area (TPSA) is 25.8 Å². The fraction of sp³-hybridized carbons (Fsp3) is 0.231. The molecule has 0 atom stereocenters. The normalized spacial score (nSPS) is 10.6. The molecule has 0 spiro atoms. The Morgan fingerprint density at radius 2 is 1.76 bits per heavy atom. The van der Waals surface area contributed by atoms with Crippen molar-refractivity contribution in [3.63, 3.8) is 0 Å². The molecule has 4 heteroatoms. The first-order valence-corrected chi connectivity index (χ1v) is 6.16. The van der Waals surface area contributed by atoms with Gasteiger partial charge in [-0.05, 0) is 12.5 Å². The van der Waals surface area contributed by atoms with Crippen LogP contribution < -0.4 is 0 Å². The van der Waals surface area contributed by atoms with E-state index in [0.29, 0.717) is 28.1 Å². The lowest BCUT2D eigenvalue weighted by molar-refractivity contribution is 0.942. The zero-order chi connectivity index (χ0) is 12.4. The van der Waals surface area contributed by atoms with Crippen molar-refractivity contribution in [3.8, 4) is 11.1 Å². The van der Waals surface area contributed by atoms with Crippen LogP contribution in [0.15, 0.2) is 24.3 Å². The molecule has 0 aliphatic heterocycles. The molecule has 0 radical (unpaired) electrons. The van der Waals surface area contributed by atoms with Gasteiger partial charge in [0.05, 0.1) is 5.56 Å². The van der Waals surface area contributed by atoms with Crippen molar-refractivity contribution >= 4 is 23.2 Å². The van der Waals surface area contributed by atoms with Crippen LogP contribution in [0, 0.1) is 6.92 Å². The summed E-state index contributed by atoms with van der Waals surface area (Å²) in [7, 11) is 0. The summed E-state index contributed by atoms with van der Waals surface area (Å²) in [5.41, 5.74) is 2.80. The van der Waals surface area contributed by atoms with Crippen LogP contribution in [0.1, 0.15) is 18.3 Å². The minimum atomic E-state index is 0.410. The maximum atomic E-state index is 6.16. The number of aryl methyl sites for hydroxylation is 2. The summed E-state index contributed by atoms with van der Waals surface area (Å²) in [6.07, 6.45) is 0.716. The molecular formula is C13H12Cl2N2. The van der Waals surface area contributed by atoms with Crippen LogP contribution in [0.4, 0.5) is 0 Å². The van der Waals surface area contributed by atoms with Crippen LogP contribution in [0.2, 0.25) is 10.3 Å². The van der Waals surface area contributed by atoms with Gasteiger partial charge in [-0.2, -0.15) is 0 Å². The van der Waals surface area contributed by atoms with Crippen molar-refractivity contribution < 1.29 is 0 Å². The Kier molecular flexibility index (Phi) is 3.65. The first-order valence-electron chi connectivity index (χ1n) is 5.40. The van der Waals surface area contributed by atoms with E-state index < -0.39 is 0 Å². The second-order valence-electron chi connectivity index (χ2n) is 3.82. The van der Waals surface area contributed by atoms with Gasteiger partial charge in [-0.1, -0.05) is 60.0 Å². The van der Waals surface area contributed by atoms with Gasteiger partial charge in [-0.15, -0.1) is 0 Å². The Bertz CT molecular complexity index is 530. The number of aromatic nitrogens is 2. The summed E-state index contributed by atoms with van der Waals surface area (Å²) in [6.45, 7) is 3.99. The molecule has 0 amide bonds. The van der Waals surface area contributed by atoms with Crippen molar-refractivity contribution in [2.24, 2.45) is 0 Å². The van der Waals surface area contributed by atoms with Crippen molar-refractivity contribution in [2.45, 2.75) is 20.3 Å². The molecular weight excluding hydrogens is 255 g/mol. The van der Waals surface area contributed by atoms with Crippen molar-refractivity contribution in [1.82, 2.24) is 9.97 Å². The highest BCUT2D eigenvalue weighted by Crippen LogP contribution is 2.32. The van der Waals surface area contributed by atoms with E-state index in [1.807, 2.05) is 38.1 Å². The largest absolute Gasteiger partial charge is 0.220 e. The number of nitrogens with zero attached hydrogens (tertiary/aromatic N) is 2. The summed E-state index contributed by atoms with van der Waals surface area (Å²) in [6, 6.07) is 7.95. The van der Waals surface area contributed by atoms with E-state index in [9.17, 15) is 0 Å². The summed E-state index contributed by atoms with van der Waals surface area (Å²) < 4.78 is 0. The lowest BCUT2D eigenvalue weighted by Gasteiger charge is -2.08. The third kappa shape index (κ3) is 2.59. The van der Waals surface area contributed by atoms with E-state index in [1.165, 1.54) is 0 Å². The Balaban J connectivity index is 2.60. The molecule has 1 aromatic carbocycles. The van der Waals surface area contributed by atoms with Crippen molar-refractivity contribution in [3.05, 3.63) is 46.0 Å². The fourth-order valence-electron chi connectivity index (χ4n) is 1.65. The van der Waals surface area contributed by atoms with Crippen LogP contribution in [-0.2, 0) is 6.42 Å². The molecule has 88 valence electrons. The van der Waals surface area contributed by atoms with E-state index in [1.54, 1.807) is 0 Å². The number of hydrogen-bond acceptors (Lipinski definition) is 2. The molecule has 1 aromatic heterocycles. The molecule has 2 aromatic rings. The van der Waals surface area contributed by atoms with Gasteiger partial charge in [0.2, 0.25) is 0 Å². The van der Waals surface area contributed by atoms with Gasteiger partial charge in [0.15, 0.2) is 0 Å². The number of rotatable bonds is 2. The zero-order valence-electron chi connectivity index (χ0n) is 9.67. The molecule has 0 aliphatic rings. The summed E-state index contributed by atoms with van der Waals surface area (Å²) in [4.78, 5) is 8.46. The van der Waals surface area contributed by atoms with Gasteiger partial charge in [0, 0.05) is 6.42 Å². The smallest absolute Gasteiger partial charge is 0.142 e. The molecule has 0 saturated heterocycles. The second-order valence-corrected chi connectivity index (χ2v) is 4.54. The van der Waals surface area contributed by atoms with Gasteiger partial charge in [0.1, 0.15) is 16.1 Å². The Morgan fingerprint density at radius 3 is 2.29 bits per heavy atom. The molecule has 0 saturated carbocycles. The fourth-order valence-corrected chi connectivity index (χ4v) is 2.29. The molecule has 1 heterocycles. The monoisotopic (exact) mass is 266 g/mol. The van der Waals surface area contributed by atoms with Crippen LogP contribution in [0.25, 0.3) is 11.1 Å². The highest BCUT2D eigenvalue weighted by molar-refractivity contribution is 6.37. The third-order valence-corrected chi connectivity index (χ3v) is 3.04. The number of halogens is 2. The Labute approximate surface area is 111 Å². The highest BCUT2D eigenvalue weighted by Gasteiger charge is 2.12. The van der Waals surface area contributed by atoms with E-state index in [-0.39, 0.29) is 0 Å². The highest BCUT2D eigenvalue weighted by atomic mass is 35.5. The van der Waals surface area contributed by atoms with Gasteiger partial charge in [-0.25, -0.2) is 9.97 Å². The van der Waals surface area contributed by atoms with Gasteiger partial charge < -0.3 is 0 Å². The molecule has 17 heavy (non-hydrogen) atoms. The number of hydrogen-bond donors (Lipinski definition) is 0. The summed E-state index contributed by atoms with van der Waals surface area (Å²) in [5, 5.41) is 0.819. The van der Waals surface area contributed by atoms with E-state index in [4.69, 9.17) is 23.2 Å². The van der Waals surface area contributed by atoms with E-state index in [2.05, 4.69) is 9.97 Å². The predicted octanol–water partition coefficient (Wildman–Crippen LogP) is 4.32. The molecule has 0 bridgehead atoms. The average molecular weight is 267 g/mol. The third-order valence-electron chi connectivity index (χ3n) is 2.49. The Morgan fingerprint density at radius 1 is 1.12 bits per heavy atom. The maximum absolute atomic E-state index is 6.16. The first-order chi connectivity index (χ1) is 8.11. The van der Waals surface area contributed by atoms with Gasteiger partial charge in [-0.3, -0.25) is 0 Å². The molecule has 0 N–H and O–H groups in total. The maximum Gasteiger partial charge on any atom is 0.142 e. The number of benzene rings is 1. The van der Waals surface area contributed by atoms with Gasteiger partial charge >= 0.3 is 0 Å². The molecule has 0 unspecified atom stereocenters. The molecule has 0 fully saturated rings. The Hall–Kier alpha value is -1.12. The molecule has 2 rings (SSSR count). The second kappa shape index (κ2) is 5.03. The summed E-state index contributed by atoms with van der Waals surface area (Å²) in [5.74, 6) is 0.663. The minimum absolute atomic E-state index is 0.410. The predicted molar refractivity (Wildman–Crippen MR) is 71.6 cm³/mol. The van der Waals surface area contributed by atoms with E-state index in [0.717, 1.165) is 11.1 Å². The van der Waals surface area contributed by atoms with Crippen molar-refractivity contribution in [1.29, 1.82) is 0 Å². The van der Waals surface area contributed by atoms with Crippen LogP contribution >= 0.6 is 23.2 Å². The minimum Gasteiger partial charge on any atom is -0.220 e. The van der Waals surface area contributed by atoms with Gasteiger partial charge in [0.25, 0.3) is 0 Å².